The summed E-state index contributed by atoms with van der Waals surface area (Å²) in [5.41, 5.74) is 5.16. The van der Waals surface area contributed by atoms with Crippen LogP contribution in [0.1, 0.15) is 0 Å². The first-order chi connectivity index (χ1) is 4.68. The molecule has 0 spiro atoms. The summed E-state index contributed by atoms with van der Waals surface area (Å²) < 4.78 is 21.9. The Labute approximate surface area is 62.9 Å². The van der Waals surface area contributed by atoms with Gasteiger partial charge < -0.3 is 10.3 Å². The molecule has 0 bridgehead atoms. The van der Waals surface area contributed by atoms with Gasteiger partial charge in [0.05, 0.1) is 0 Å². The number of nitrogens with one attached hydrogen (secondary N) is 1. The molecule has 8 heteroatoms. The van der Waals surface area contributed by atoms with Crippen molar-refractivity contribution in [1.82, 2.24) is 10.2 Å². The Balaban J connectivity index is 2.67. The van der Waals surface area contributed by atoms with Crippen molar-refractivity contribution in [2.75, 3.05) is 10.5 Å². The summed E-state index contributed by atoms with van der Waals surface area (Å²) in [5, 5.41) is 7.18. The fourth-order valence-corrected chi connectivity index (χ4v) is 1.26. The molecule has 1 aromatic rings. The highest BCUT2D eigenvalue weighted by Crippen LogP contribution is 2.15. The molecule has 6 nitrogen and oxygen atoms in total. The second-order valence-electron chi connectivity index (χ2n) is 1.28. The number of nitrogens with two attached hydrogens (primary N) is 1. The molecule has 0 saturated carbocycles. The van der Waals surface area contributed by atoms with Crippen molar-refractivity contribution in [3.05, 3.63) is 0 Å². The summed E-state index contributed by atoms with van der Waals surface area (Å²) in [4.78, 5) is 0. The Morgan fingerprint density at radius 2 is 2.40 bits per heavy atom. The Morgan fingerprint density at radius 1 is 1.70 bits per heavy atom. The maximum atomic E-state index is 9.96. The van der Waals surface area contributed by atoms with Crippen LogP contribution in [0.25, 0.3) is 0 Å². The predicted molar refractivity (Wildman–Crippen MR) is 36.9 cm³/mol. The van der Waals surface area contributed by atoms with Crippen LogP contribution in [0.3, 0.4) is 0 Å². The molecule has 0 aromatic carbocycles. The Morgan fingerprint density at radius 3 is 2.80 bits per heavy atom. The molecule has 3 N–H and O–H groups in total. The Hall–Kier alpha value is -0.730. The molecule has 0 amide bonds. The van der Waals surface area contributed by atoms with E-state index in [0.717, 1.165) is 11.3 Å². The van der Waals surface area contributed by atoms with Gasteiger partial charge in [-0.05, 0) is 0 Å². The topological polar surface area (TPSA) is 104 Å². The highest BCUT2D eigenvalue weighted by atomic mass is 32.2. The molecule has 0 aliphatic rings. The van der Waals surface area contributed by atoms with Crippen LogP contribution in [0.2, 0.25) is 0 Å². The van der Waals surface area contributed by atoms with Crippen molar-refractivity contribution in [3.63, 3.8) is 0 Å². The molecule has 0 fully saturated rings. The average Bonchev–Trinajstić information content (AvgIpc) is 2.13. The van der Waals surface area contributed by atoms with Crippen LogP contribution in [0, 0.1) is 0 Å². The lowest BCUT2D eigenvalue weighted by molar-refractivity contribution is 0.542. The molecule has 0 aliphatic heterocycles. The van der Waals surface area contributed by atoms with E-state index in [2.05, 4.69) is 10.2 Å². The molecule has 0 saturated heterocycles. The number of anilines is 2. The van der Waals surface area contributed by atoms with Gasteiger partial charge in [-0.1, -0.05) is 11.3 Å². The first kappa shape index (κ1) is 7.38. The molecule has 1 aromatic heterocycles. The number of nitrogen functional groups attached to an aromatic ring is 1. The largest absolute Gasteiger partial charge is 0.755 e. The van der Waals surface area contributed by atoms with Crippen LogP contribution in [-0.2, 0) is 11.3 Å². The smallest absolute Gasteiger partial charge is 0.218 e. The van der Waals surface area contributed by atoms with Gasteiger partial charge in [-0.15, -0.1) is 10.2 Å². The van der Waals surface area contributed by atoms with E-state index in [1.54, 1.807) is 0 Å². The first-order valence-corrected chi connectivity index (χ1v) is 4.02. The van der Waals surface area contributed by atoms with Gasteiger partial charge in [0.2, 0.25) is 10.3 Å². The van der Waals surface area contributed by atoms with Gasteiger partial charge in [0.25, 0.3) is 0 Å². The van der Waals surface area contributed by atoms with Crippen LogP contribution in [0.4, 0.5) is 10.3 Å². The normalized spacial score (nSPS) is 12.9. The summed E-state index contributed by atoms with van der Waals surface area (Å²) in [5.74, 6) is 0. The third-order valence-electron chi connectivity index (χ3n) is 0.611. The second-order valence-corrected chi connectivity index (χ2v) is 2.96. The van der Waals surface area contributed by atoms with E-state index in [-0.39, 0.29) is 10.3 Å². The van der Waals surface area contributed by atoms with Gasteiger partial charge in [-0.25, -0.2) is 0 Å². The summed E-state index contributed by atoms with van der Waals surface area (Å²) in [6.07, 6.45) is 0. The van der Waals surface area contributed by atoms with Crippen LogP contribution in [0.5, 0.6) is 0 Å². The minimum atomic E-state index is -2.35. The van der Waals surface area contributed by atoms with Crippen molar-refractivity contribution in [2.45, 2.75) is 0 Å². The second kappa shape index (κ2) is 2.90. The van der Waals surface area contributed by atoms with Gasteiger partial charge in [0.15, 0.2) is 0 Å². The minimum absolute atomic E-state index is 0.172. The van der Waals surface area contributed by atoms with E-state index in [1.807, 2.05) is 4.72 Å². The number of aromatic nitrogens is 2. The molecule has 0 aliphatic carbocycles. The third kappa shape index (κ3) is 1.90. The SMILES string of the molecule is Nc1nnc(NS(=O)[O-])s1. The van der Waals surface area contributed by atoms with Crippen molar-refractivity contribution >= 4 is 32.9 Å². The van der Waals surface area contributed by atoms with Crippen molar-refractivity contribution < 1.29 is 8.76 Å². The van der Waals surface area contributed by atoms with Gasteiger partial charge in [0.1, 0.15) is 0 Å². The quantitative estimate of drug-likeness (QED) is 0.586. The van der Waals surface area contributed by atoms with Crippen molar-refractivity contribution in [2.24, 2.45) is 0 Å². The molecule has 1 heterocycles. The average molecular weight is 179 g/mol. The standard InChI is InChI=1S/C2H4N4O2S2/c3-1-4-5-2(9-1)6-10(7)8/h(H2,3,4)(H,5,6)(H,7,8)/p-1. The Bertz CT molecular complexity index is 247. The van der Waals surface area contributed by atoms with E-state index >= 15 is 0 Å². The summed E-state index contributed by atoms with van der Waals surface area (Å²) in [6, 6.07) is 0. The molecule has 1 unspecified atom stereocenters. The lowest BCUT2D eigenvalue weighted by Gasteiger charge is -2.01. The van der Waals surface area contributed by atoms with Crippen LogP contribution in [-0.4, -0.2) is 19.0 Å². The molecule has 10 heavy (non-hydrogen) atoms. The number of hydrogen-bond donors (Lipinski definition) is 2. The maximum Gasteiger partial charge on any atom is 0.218 e. The highest BCUT2D eigenvalue weighted by molar-refractivity contribution is 7.80. The predicted octanol–water partition coefficient (Wildman–Crippen LogP) is -0.674. The van der Waals surface area contributed by atoms with E-state index in [4.69, 9.17) is 5.73 Å². The minimum Gasteiger partial charge on any atom is -0.755 e. The van der Waals surface area contributed by atoms with Crippen molar-refractivity contribution in [1.29, 1.82) is 0 Å². The summed E-state index contributed by atoms with van der Waals surface area (Å²) in [7, 11) is 0. The number of hydrogen-bond acceptors (Lipinski definition) is 6. The lowest BCUT2D eigenvalue weighted by Crippen LogP contribution is -2.01. The molecule has 56 valence electrons. The third-order valence-corrected chi connectivity index (χ3v) is 1.77. The monoisotopic (exact) mass is 179 g/mol. The number of rotatable bonds is 2. The maximum absolute atomic E-state index is 9.96. The fourth-order valence-electron chi connectivity index (χ4n) is 0.347. The van der Waals surface area contributed by atoms with E-state index in [9.17, 15) is 8.76 Å². The van der Waals surface area contributed by atoms with Crippen molar-refractivity contribution in [3.8, 4) is 0 Å². The molecule has 1 atom stereocenters. The lowest BCUT2D eigenvalue weighted by atomic mass is 11.3. The fraction of sp³-hybridized carbons (Fsp3) is 0. The van der Waals surface area contributed by atoms with Gasteiger partial charge in [-0.2, -0.15) is 0 Å². The summed E-state index contributed by atoms with van der Waals surface area (Å²) >= 11 is -1.38. The highest BCUT2D eigenvalue weighted by Gasteiger charge is 1.97. The zero-order valence-electron chi connectivity index (χ0n) is 4.60. The molecular formula is C2H3N4O2S2-. The number of nitrogens with zero attached hydrogens (tertiary/aromatic N) is 2. The first-order valence-electron chi connectivity index (χ1n) is 2.13. The van der Waals surface area contributed by atoms with Gasteiger partial charge in [-0.3, -0.25) is 8.93 Å². The van der Waals surface area contributed by atoms with Crippen LogP contribution < -0.4 is 10.5 Å². The van der Waals surface area contributed by atoms with Crippen LogP contribution >= 0.6 is 11.3 Å². The summed E-state index contributed by atoms with van der Waals surface area (Å²) in [6.45, 7) is 0. The van der Waals surface area contributed by atoms with E-state index < -0.39 is 11.3 Å². The van der Waals surface area contributed by atoms with Gasteiger partial charge >= 0.3 is 0 Å². The Kier molecular flexibility index (Phi) is 2.14. The van der Waals surface area contributed by atoms with E-state index in [0.29, 0.717) is 0 Å². The molecular weight excluding hydrogens is 176 g/mol. The zero-order chi connectivity index (χ0) is 7.56. The zero-order valence-corrected chi connectivity index (χ0v) is 6.24. The van der Waals surface area contributed by atoms with Crippen LogP contribution in [0.15, 0.2) is 0 Å². The molecule has 1 rings (SSSR count). The van der Waals surface area contributed by atoms with Gasteiger partial charge in [0, 0.05) is 11.3 Å². The molecule has 0 radical (unpaired) electrons. The van der Waals surface area contributed by atoms with E-state index in [1.165, 1.54) is 0 Å².